The molecule has 0 bridgehead atoms. The van der Waals surface area contributed by atoms with Crippen molar-refractivity contribution in [2.24, 2.45) is 0 Å². The van der Waals surface area contributed by atoms with E-state index in [1.54, 1.807) is 23.0 Å². The van der Waals surface area contributed by atoms with E-state index in [-0.39, 0.29) is 16.7 Å². The zero-order valence-corrected chi connectivity index (χ0v) is 15.6. The number of phenolic OH excluding ortho intramolecular Hbond substituents is 1. The first-order valence-electron chi connectivity index (χ1n) is 8.48. The number of benzene rings is 1. The van der Waals surface area contributed by atoms with E-state index in [4.69, 9.17) is 0 Å². The molecular weight excluding hydrogens is 370 g/mol. The Morgan fingerprint density at radius 2 is 2.00 bits per heavy atom. The fourth-order valence-corrected chi connectivity index (χ4v) is 5.28. The van der Waals surface area contributed by atoms with E-state index in [2.05, 4.69) is 9.82 Å². The van der Waals surface area contributed by atoms with Crippen molar-refractivity contribution >= 4 is 27.0 Å². The second-order valence-electron chi connectivity index (χ2n) is 6.39. The van der Waals surface area contributed by atoms with E-state index < -0.39 is 10.0 Å². The number of thiophene rings is 1. The Morgan fingerprint density at radius 1 is 1.19 bits per heavy atom. The van der Waals surface area contributed by atoms with Crippen LogP contribution in [0.4, 0.5) is 5.69 Å². The highest BCUT2D eigenvalue weighted by atomic mass is 32.2. The lowest BCUT2D eigenvalue weighted by Gasteiger charge is -2.09. The molecule has 1 saturated carbocycles. The number of anilines is 1. The van der Waals surface area contributed by atoms with Gasteiger partial charge in [-0.15, -0.1) is 11.3 Å². The third kappa shape index (κ3) is 3.34. The number of nitrogens with zero attached hydrogens (tertiary/aromatic N) is 2. The van der Waals surface area contributed by atoms with Crippen LogP contribution in [0.1, 0.15) is 31.7 Å². The molecule has 2 N–H and O–H groups in total. The molecule has 1 aliphatic carbocycles. The molecule has 26 heavy (non-hydrogen) atoms. The van der Waals surface area contributed by atoms with E-state index in [0.29, 0.717) is 11.4 Å². The summed E-state index contributed by atoms with van der Waals surface area (Å²) < 4.78 is 30.4. The number of sulfonamides is 1. The standard InChI is InChI=1S/C18H19N3O3S2/c22-15-8-3-5-13(11-15)20-26(23,24)17-12-21(14-6-1-2-7-14)19-18(17)16-9-4-10-25-16/h3-5,8-12,14,20,22H,1-2,6-7H2. The van der Waals surface area contributed by atoms with Crippen LogP contribution in [0.25, 0.3) is 10.6 Å². The topological polar surface area (TPSA) is 84.2 Å². The molecule has 0 amide bonds. The van der Waals surface area contributed by atoms with Gasteiger partial charge in [0.2, 0.25) is 0 Å². The van der Waals surface area contributed by atoms with Crippen LogP contribution in [0, 0.1) is 0 Å². The molecule has 2 heterocycles. The van der Waals surface area contributed by atoms with Gasteiger partial charge in [0.25, 0.3) is 10.0 Å². The maximum Gasteiger partial charge on any atom is 0.265 e. The number of aromatic nitrogens is 2. The molecule has 4 rings (SSSR count). The minimum atomic E-state index is -3.83. The van der Waals surface area contributed by atoms with Crippen molar-refractivity contribution in [3.8, 4) is 16.3 Å². The smallest absolute Gasteiger partial charge is 0.265 e. The highest BCUT2D eigenvalue weighted by Crippen LogP contribution is 2.35. The molecule has 0 aliphatic heterocycles. The molecule has 0 radical (unpaired) electrons. The lowest BCUT2D eigenvalue weighted by Crippen LogP contribution is -2.13. The van der Waals surface area contributed by atoms with Gasteiger partial charge in [0.05, 0.1) is 16.6 Å². The van der Waals surface area contributed by atoms with Crippen molar-refractivity contribution in [1.29, 1.82) is 0 Å². The average molecular weight is 390 g/mol. The number of nitrogens with one attached hydrogen (secondary N) is 1. The van der Waals surface area contributed by atoms with Crippen molar-refractivity contribution in [2.75, 3.05) is 4.72 Å². The first-order chi connectivity index (χ1) is 12.5. The molecule has 1 aliphatic rings. The summed E-state index contributed by atoms with van der Waals surface area (Å²) in [5, 5.41) is 16.1. The summed E-state index contributed by atoms with van der Waals surface area (Å²) in [6, 6.07) is 10.1. The zero-order valence-electron chi connectivity index (χ0n) is 14.0. The van der Waals surface area contributed by atoms with Gasteiger partial charge in [-0.25, -0.2) is 8.42 Å². The van der Waals surface area contributed by atoms with Crippen molar-refractivity contribution in [1.82, 2.24) is 9.78 Å². The minimum absolute atomic E-state index is 0.00494. The SMILES string of the molecule is O=S(=O)(Nc1cccc(O)c1)c1cn(C2CCCC2)nc1-c1cccs1. The molecule has 0 atom stereocenters. The van der Waals surface area contributed by atoms with Gasteiger partial charge < -0.3 is 5.11 Å². The molecular formula is C18H19N3O3S2. The van der Waals surface area contributed by atoms with Gasteiger partial charge in [-0.2, -0.15) is 5.10 Å². The Kier molecular flexibility index (Phi) is 4.46. The number of rotatable bonds is 5. The van der Waals surface area contributed by atoms with Crippen molar-refractivity contribution in [3.05, 3.63) is 48.0 Å². The van der Waals surface area contributed by atoms with Crippen LogP contribution in [-0.2, 0) is 10.0 Å². The molecule has 1 aromatic carbocycles. The maximum absolute atomic E-state index is 13.0. The predicted octanol–water partition coefficient (Wildman–Crippen LogP) is 4.23. The van der Waals surface area contributed by atoms with Crippen LogP contribution >= 0.6 is 11.3 Å². The Labute approximate surface area is 156 Å². The molecule has 0 unspecified atom stereocenters. The van der Waals surface area contributed by atoms with Gasteiger partial charge in [0.15, 0.2) is 0 Å². The van der Waals surface area contributed by atoms with Crippen LogP contribution in [-0.4, -0.2) is 23.3 Å². The van der Waals surface area contributed by atoms with E-state index >= 15 is 0 Å². The number of phenols is 1. The summed E-state index contributed by atoms with van der Waals surface area (Å²) in [6.07, 6.45) is 5.96. The van der Waals surface area contributed by atoms with Gasteiger partial charge in [-0.05, 0) is 36.4 Å². The number of aromatic hydroxyl groups is 1. The highest BCUT2D eigenvalue weighted by molar-refractivity contribution is 7.92. The lowest BCUT2D eigenvalue weighted by atomic mass is 10.3. The number of hydrogen-bond acceptors (Lipinski definition) is 5. The van der Waals surface area contributed by atoms with Crippen LogP contribution in [0.15, 0.2) is 52.9 Å². The van der Waals surface area contributed by atoms with E-state index in [0.717, 1.165) is 30.6 Å². The Hall–Kier alpha value is -2.32. The summed E-state index contributed by atoms with van der Waals surface area (Å²) in [6.45, 7) is 0. The molecule has 3 aromatic rings. The average Bonchev–Trinajstić information content (AvgIpc) is 3.34. The Balaban J connectivity index is 1.76. The van der Waals surface area contributed by atoms with Crippen LogP contribution in [0.3, 0.4) is 0 Å². The first kappa shape index (κ1) is 17.1. The third-order valence-electron chi connectivity index (χ3n) is 4.54. The third-order valence-corrected chi connectivity index (χ3v) is 6.80. The van der Waals surface area contributed by atoms with Crippen LogP contribution in [0.5, 0.6) is 5.75 Å². The monoisotopic (exact) mass is 389 g/mol. The molecule has 0 saturated heterocycles. The second-order valence-corrected chi connectivity index (χ2v) is 8.99. The Morgan fingerprint density at radius 3 is 2.69 bits per heavy atom. The van der Waals surface area contributed by atoms with Crippen molar-refractivity contribution in [2.45, 2.75) is 36.6 Å². The molecule has 0 spiro atoms. The van der Waals surface area contributed by atoms with Crippen molar-refractivity contribution in [3.63, 3.8) is 0 Å². The molecule has 2 aromatic heterocycles. The molecule has 8 heteroatoms. The summed E-state index contributed by atoms with van der Waals surface area (Å²) in [4.78, 5) is 0.980. The normalized spacial score (nSPS) is 15.4. The highest BCUT2D eigenvalue weighted by Gasteiger charge is 2.27. The van der Waals surface area contributed by atoms with Gasteiger partial charge in [0.1, 0.15) is 16.3 Å². The quantitative estimate of drug-likeness (QED) is 0.684. The second kappa shape index (κ2) is 6.77. The predicted molar refractivity (Wildman–Crippen MR) is 102 cm³/mol. The zero-order chi connectivity index (χ0) is 18.1. The van der Waals surface area contributed by atoms with Gasteiger partial charge in [-0.1, -0.05) is 25.0 Å². The van der Waals surface area contributed by atoms with Gasteiger partial charge in [-0.3, -0.25) is 9.40 Å². The van der Waals surface area contributed by atoms with Gasteiger partial charge >= 0.3 is 0 Å². The van der Waals surface area contributed by atoms with Crippen molar-refractivity contribution < 1.29 is 13.5 Å². The molecule has 1 fully saturated rings. The van der Waals surface area contributed by atoms with Crippen LogP contribution in [0.2, 0.25) is 0 Å². The minimum Gasteiger partial charge on any atom is -0.508 e. The fourth-order valence-electron chi connectivity index (χ4n) is 3.29. The first-order valence-corrected chi connectivity index (χ1v) is 10.8. The largest absolute Gasteiger partial charge is 0.508 e. The molecule has 136 valence electrons. The van der Waals surface area contributed by atoms with E-state index in [1.165, 1.54) is 23.5 Å². The van der Waals surface area contributed by atoms with Gasteiger partial charge in [0, 0.05) is 12.3 Å². The number of hydrogen-bond donors (Lipinski definition) is 2. The summed E-state index contributed by atoms with van der Waals surface area (Å²) in [7, 11) is -3.83. The lowest BCUT2D eigenvalue weighted by molar-refractivity contribution is 0.467. The summed E-state index contributed by atoms with van der Waals surface area (Å²) >= 11 is 1.46. The van der Waals surface area contributed by atoms with E-state index in [1.807, 2.05) is 17.5 Å². The maximum atomic E-state index is 13.0. The van der Waals surface area contributed by atoms with E-state index in [9.17, 15) is 13.5 Å². The fraction of sp³-hybridized carbons (Fsp3) is 0.278. The molecule has 6 nitrogen and oxygen atoms in total. The van der Waals surface area contributed by atoms with Crippen LogP contribution < -0.4 is 4.72 Å². The summed E-state index contributed by atoms with van der Waals surface area (Å²) in [5.41, 5.74) is 0.787. The Bertz CT molecular complexity index is 1000. The summed E-state index contributed by atoms with van der Waals surface area (Å²) in [5.74, 6) is 0.00494.